The van der Waals surface area contributed by atoms with Gasteiger partial charge in [-0.05, 0) is 36.8 Å². The van der Waals surface area contributed by atoms with Crippen molar-refractivity contribution in [2.24, 2.45) is 5.41 Å². The van der Waals surface area contributed by atoms with Gasteiger partial charge in [0.05, 0.1) is 12.2 Å². The number of aliphatic hydroxyl groups excluding tert-OH is 2. The second kappa shape index (κ2) is 7.51. The number of β-amino-alcohol motifs (C(OH)–C–C–N with tert-alkyl or cyclic N) is 2. The van der Waals surface area contributed by atoms with Crippen LogP contribution in [0.5, 0.6) is 0 Å². The van der Waals surface area contributed by atoms with Crippen molar-refractivity contribution >= 4 is 6.09 Å². The number of hydrogen-bond acceptors (Lipinski definition) is 5. The van der Waals surface area contributed by atoms with Gasteiger partial charge in [0.1, 0.15) is 6.61 Å². The van der Waals surface area contributed by atoms with Crippen LogP contribution in [0.25, 0.3) is 0 Å². The summed E-state index contributed by atoms with van der Waals surface area (Å²) in [4.78, 5) is 13.7. The summed E-state index contributed by atoms with van der Waals surface area (Å²) in [5.74, 6) is 0. The SMILES string of the molecule is O=C(NCC(O)CN1CCC2(CC2)C(O)C1)OCc1ccccc1. The van der Waals surface area contributed by atoms with Crippen molar-refractivity contribution in [2.75, 3.05) is 26.2 Å². The molecular weight excluding hydrogens is 308 g/mol. The van der Waals surface area contributed by atoms with Crippen molar-refractivity contribution in [3.8, 4) is 0 Å². The Labute approximate surface area is 142 Å². The van der Waals surface area contributed by atoms with E-state index in [1.54, 1.807) is 0 Å². The average molecular weight is 334 g/mol. The van der Waals surface area contributed by atoms with Crippen LogP contribution in [0.2, 0.25) is 0 Å². The number of benzene rings is 1. The molecule has 2 fully saturated rings. The van der Waals surface area contributed by atoms with E-state index in [2.05, 4.69) is 10.2 Å². The molecule has 1 aliphatic carbocycles. The second-order valence-electron chi connectivity index (χ2n) is 6.98. The lowest BCUT2D eigenvalue weighted by Crippen LogP contribution is -2.49. The van der Waals surface area contributed by atoms with Crippen LogP contribution >= 0.6 is 0 Å². The summed E-state index contributed by atoms with van der Waals surface area (Å²) < 4.78 is 5.11. The molecule has 2 aliphatic rings. The number of nitrogens with zero attached hydrogens (tertiary/aromatic N) is 1. The van der Waals surface area contributed by atoms with E-state index in [0.29, 0.717) is 13.1 Å². The van der Waals surface area contributed by atoms with Crippen molar-refractivity contribution in [1.82, 2.24) is 10.2 Å². The first-order valence-corrected chi connectivity index (χ1v) is 8.60. The lowest BCUT2D eigenvalue weighted by molar-refractivity contribution is -0.00769. The number of carbonyl (C=O) groups excluding carboxylic acids is 1. The van der Waals surface area contributed by atoms with Gasteiger partial charge in [0, 0.05) is 19.6 Å². The third-order valence-electron chi connectivity index (χ3n) is 5.12. The van der Waals surface area contributed by atoms with Crippen LogP contribution in [0.3, 0.4) is 0 Å². The van der Waals surface area contributed by atoms with Crippen LogP contribution in [-0.2, 0) is 11.3 Å². The van der Waals surface area contributed by atoms with Gasteiger partial charge in [-0.1, -0.05) is 30.3 Å². The predicted molar refractivity (Wildman–Crippen MR) is 89.4 cm³/mol. The Morgan fingerprint density at radius 3 is 2.75 bits per heavy atom. The van der Waals surface area contributed by atoms with Gasteiger partial charge in [-0.25, -0.2) is 4.79 Å². The molecule has 3 rings (SSSR count). The predicted octanol–water partition coefficient (Wildman–Crippen LogP) is 1.12. The van der Waals surface area contributed by atoms with Crippen LogP contribution in [0.15, 0.2) is 30.3 Å². The Morgan fingerprint density at radius 2 is 2.08 bits per heavy atom. The zero-order chi connectivity index (χ0) is 17.0. The summed E-state index contributed by atoms with van der Waals surface area (Å²) in [6.07, 6.45) is 1.75. The molecule has 1 amide bonds. The number of nitrogens with one attached hydrogen (secondary N) is 1. The Kier molecular flexibility index (Phi) is 5.38. The molecule has 2 unspecified atom stereocenters. The van der Waals surface area contributed by atoms with E-state index in [0.717, 1.165) is 31.4 Å². The number of likely N-dealkylation sites (tertiary alicyclic amines) is 1. The zero-order valence-electron chi connectivity index (χ0n) is 13.9. The van der Waals surface area contributed by atoms with Crippen molar-refractivity contribution in [3.63, 3.8) is 0 Å². The first-order valence-electron chi connectivity index (χ1n) is 8.60. The Morgan fingerprint density at radius 1 is 1.33 bits per heavy atom. The number of alkyl carbamates (subject to hydrolysis) is 1. The highest BCUT2D eigenvalue weighted by Gasteiger charge is 2.51. The monoisotopic (exact) mass is 334 g/mol. The fourth-order valence-electron chi connectivity index (χ4n) is 3.32. The lowest BCUT2D eigenvalue weighted by atomic mass is 9.90. The van der Waals surface area contributed by atoms with Crippen LogP contribution in [0.4, 0.5) is 4.79 Å². The quantitative estimate of drug-likeness (QED) is 0.726. The molecule has 1 saturated heterocycles. The lowest BCUT2D eigenvalue weighted by Gasteiger charge is -2.37. The first kappa shape index (κ1) is 17.2. The minimum Gasteiger partial charge on any atom is -0.445 e. The van der Waals surface area contributed by atoms with E-state index in [1.807, 2.05) is 30.3 Å². The Bertz CT molecular complexity index is 547. The van der Waals surface area contributed by atoms with E-state index in [1.165, 1.54) is 0 Å². The highest BCUT2D eigenvalue weighted by Crippen LogP contribution is 2.53. The highest BCUT2D eigenvalue weighted by atomic mass is 16.5. The van der Waals surface area contributed by atoms with E-state index < -0.39 is 12.2 Å². The van der Waals surface area contributed by atoms with Gasteiger partial charge in [0.15, 0.2) is 0 Å². The van der Waals surface area contributed by atoms with E-state index in [-0.39, 0.29) is 24.7 Å². The van der Waals surface area contributed by atoms with Gasteiger partial charge in [-0.3, -0.25) is 4.90 Å². The average Bonchev–Trinajstić information content (AvgIpc) is 3.37. The maximum absolute atomic E-state index is 11.7. The van der Waals surface area contributed by atoms with Gasteiger partial charge < -0.3 is 20.3 Å². The molecule has 2 atom stereocenters. The standard InChI is InChI=1S/C18H26N2O4/c21-15(11-20-9-8-18(6-7-18)16(22)12-20)10-19-17(23)24-13-14-4-2-1-3-5-14/h1-5,15-16,21-22H,6-13H2,(H,19,23). The molecule has 1 saturated carbocycles. The van der Waals surface area contributed by atoms with Crippen LogP contribution < -0.4 is 5.32 Å². The summed E-state index contributed by atoms with van der Waals surface area (Å²) in [5, 5.41) is 22.8. The second-order valence-corrected chi connectivity index (χ2v) is 6.98. The first-order chi connectivity index (χ1) is 11.6. The molecule has 132 valence electrons. The van der Waals surface area contributed by atoms with E-state index >= 15 is 0 Å². The topological polar surface area (TPSA) is 82.0 Å². The van der Waals surface area contributed by atoms with Gasteiger partial charge in [0.2, 0.25) is 0 Å². The van der Waals surface area contributed by atoms with Gasteiger partial charge in [0.25, 0.3) is 0 Å². The molecule has 1 heterocycles. The van der Waals surface area contributed by atoms with Crippen molar-refractivity contribution in [3.05, 3.63) is 35.9 Å². The number of carbonyl (C=O) groups is 1. The minimum atomic E-state index is -0.672. The van der Waals surface area contributed by atoms with Gasteiger partial charge >= 0.3 is 6.09 Å². The fourth-order valence-corrected chi connectivity index (χ4v) is 3.32. The van der Waals surface area contributed by atoms with E-state index in [9.17, 15) is 15.0 Å². The summed E-state index contributed by atoms with van der Waals surface area (Å²) in [6, 6.07) is 9.45. The van der Waals surface area contributed by atoms with Crippen molar-refractivity contribution in [1.29, 1.82) is 0 Å². The van der Waals surface area contributed by atoms with Gasteiger partial charge in [-0.15, -0.1) is 0 Å². The van der Waals surface area contributed by atoms with Crippen LogP contribution in [0.1, 0.15) is 24.8 Å². The highest BCUT2D eigenvalue weighted by molar-refractivity contribution is 5.67. The summed E-state index contributed by atoms with van der Waals surface area (Å²) in [7, 11) is 0. The maximum atomic E-state index is 11.7. The molecule has 24 heavy (non-hydrogen) atoms. The zero-order valence-corrected chi connectivity index (χ0v) is 13.9. The number of amides is 1. The number of ether oxygens (including phenoxy) is 1. The molecular formula is C18H26N2O4. The fraction of sp³-hybridized carbons (Fsp3) is 0.611. The number of rotatable bonds is 6. The largest absolute Gasteiger partial charge is 0.445 e. The van der Waals surface area contributed by atoms with Crippen LogP contribution in [-0.4, -0.2) is 59.6 Å². The Hall–Kier alpha value is -1.63. The molecule has 0 aromatic heterocycles. The summed E-state index contributed by atoms with van der Waals surface area (Å²) in [6.45, 7) is 2.31. The molecule has 3 N–H and O–H groups in total. The third kappa shape index (κ3) is 4.47. The molecule has 1 aromatic rings. The Balaban J connectivity index is 1.32. The number of piperidine rings is 1. The number of aliphatic hydroxyl groups is 2. The van der Waals surface area contributed by atoms with Crippen molar-refractivity contribution < 1.29 is 19.7 Å². The maximum Gasteiger partial charge on any atom is 0.407 e. The number of hydrogen-bond donors (Lipinski definition) is 3. The minimum absolute atomic E-state index is 0.144. The molecule has 1 spiro atoms. The van der Waals surface area contributed by atoms with Crippen LogP contribution in [0, 0.1) is 5.41 Å². The summed E-state index contributed by atoms with van der Waals surface area (Å²) in [5.41, 5.74) is 1.09. The third-order valence-corrected chi connectivity index (χ3v) is 5.12. The smallest absolute Gasteiger partial charge is 0.407 e. The molecule has 6 heteroatoms. The normalized spacial score (nSPS) is 23.7. The molecule has 1 aliphatic heterocycles. The summed E-state index contributed by atoms with van der Waals surface area (Å²) >= 11 is 0. The molecule has 1 aromatic carbocycles. The molecule has 6 nitrogen and oxygen atoms in total. The molecule has 0 radical (unpaired) electrons. The van der Waals surface area contributed by atoms with E-state index in [4.69, 9.17) is 4.74 Å². The molecule has 0 bridgehead atoms. The van der Waals surface area contributed by atoms with Crippen molar-refractivity contribution in [2.45, 2.75) is 38.1 Å². The van der Waals surface area contributed by atoms with Gasteiger partial charge in [-0.2, -0.15) is 0 Å².